The second kappa shape index (κ2) is 5.93. The molecule has 1 aromatic heterocycles. The number of hydrogen-bond donors (Lipinski definition) is 1. The van der Waals surface area contributed by atoms with E-state index in [9.17, 15) is 14.0 Å². The Bertz CT molecular complexity index is 930. The highest BCUT2D eigenvalue weighted by Crippen LogP contribution is 2.33. The average Bonchev–Trinajstić information content (AvgIpc) is 2.86. The second-order valence-electron chi connectivity index (χ2n) is 5.23. The third-order valence-electron chi connectivity index (χ3n) is 3.66. The normalized spacial score (nSPS) is 10.7. The van der Waals surface area contributed by atoms with E-state index in [-0.39, 0.29) is 17.5 Å². The van der Waals surface area contributed by atoms with Gasteiger partial charge in [-0.25, -0.2) is 4.39 Å². The Balaban J connectivity index is 2.01. The highest BCUT2D eigenvalue weighted by atomic mass is 32.1. The third kappa shape index (κ3) is 2.75. The summed E-state index contributed by atoms with van der Waals surface area (Å²) in [5.41, 5.74) is 1.52. The molecule has 2 aromatic carbocycles. The Morgan fingerprint density at radius 3 is 2.52 bits per heavy atom. The molecule has 1 N–H and O–H groups in total. The molecule has 1 amide bonds. The smallest absolute Gasteiger partial charge is 0.266 e. The first-order valence-corrected chi connectivity index (χ1v) is 7.89. The van der Waals surface area contributed by atoms with Gasteiger partial charge in [0.05, 0.1) is 10.6 Å². The van der Waals surface area contributed by atoms with Crippen molar-refractivity contribution >= 4 is 38.8 Å². The number of fused-ring (bicyclic) bond motifs is 1. The zero-order valence-electron chi connectivity index (χ0n) is 12.6. The summed E-state index contributed by atoms with van der Waals surface area (Å²) in [7, 11) is 0. The van der Waals surface area contributed by atoms with Crippen molar-refractivity contribution in [2.45, 2.75) is 13.8 Å². The molecule has 0 radical (unpaired) electrons. The van der Waals surface area contributed by atoms with Crippen LogP contribution in [-0.4, -0.2) is 11.7 Å². The number of halogens is 1. The number of hydrogen-bond acceptors (Lipinski definition) is 3. The number of Topliss-reactive ketones (excluding diaryl/α,β-unsaturated/α-hetero) is 1. The Morgan fingerprint density at radius 1 is 1.09 bits per heavy atom. The van der Waals surface area contributed by atoms with Crippen LogP contribution >= 0.6 is 11.3 Å². The first-order valence-electron chi connectivity index (χ1n) is 7.08. The van der Waals surface area contributed by atoms with Crippen LogP contribution in [0.4, 0.5) is 10.1 Å². The van der Waals surface area contributed by atoms with Crippen LogP contribution in [0.15, 0.2) is 42.5 Å². The van der Waals surface area contributed by atoms with Gasteiger partial charge in [0, 0.05) is 15.6 Å². The van der Waals surface area contributed by atoms with Crippen molar-refractivity contribution in [2.24, 2.45) is 0 Å². The minimum Gasteiger partial charge on any atom is -0.321 e. The van der Waals surface area contributed by atoms with Gasteiger partial charge < -0.3 is 5.32 Å². The molecule has 1 heterocycles. The molecule has 0 saturated heterocycles. The maximum Gasteiger partial charge on any atom is 0.266 e. The molecule has 0 aliphatic rings. The number of benzene rings is 2. The van der Waals surface area contributed by atoms with E-state index < -0.39 is 0 Å². The average molecular weight is 327 g/mol. The Labute approximate surface area is 136 Å². The lowest BCUT2D eigenvalue weighted by molar-refractivity contribution is 0.101. The van der Waals surface area contributed by atoms with Gasteiger partial charge >= 0.3 is 0 Å². The zero-order chi connectivity index (χ0) is 16.6. The van der Waals surface area contributed by atoms with Crippen LogP contribution in [0.2, 0.25) is 0 Å². The lowest BCUT2D eigenvalue weighted by Gasteiger charge is -2.08. The van der Waals surface area contributed by atoms with Crippen molar-refractivity contribution in [3.63, 3.8) is 0 Å². The second-order valence-corrected chi connectivity index (χ2v) is 6.28. The van der Waals surface area contributed by atoms with Crippen molar-refractivity contribution < 1.29 is 14.0 Å². The summed E-state index contributed by atoms with van der Waals surface area (Å²) in [4.78, 5) is 24.6. The number of thiophene rings is 1. The predicted octanol–water partition coefficient (Wildman–Crippen LogP) is 4.80. The summed E-state index contributed by atoms with van der Waals surface area (Å²) in [6.07, 6.45) is 0. The molecular weight excluding hydrogens is 313 g/mol. The lowest BCUT2D eigenvalue weighted by Crippen LogP contribution is -2.13. The highest BCUT2D eigenvalue weighted by molar-refractivity contribution is 7.21. The number of amides is 1. The van der Waals surface area contributed by atoms with E-state index in [1.54, 1.807) is 43.3 Å². The van der Waals surface area contributed by atoms with Gasteiger partial charge in [0.2, 0.25) is 0 Å². The quantitative estimate of drug-likeness (QED) is 0.702. The number of carbonyl (C=O) groups is 2. The van der Waals surface area contributed by atoms with Gasteiger partial charge in [-0.05, 0) is 43.7 Å². The Hall–Kier alpha value is -2.53. The van der Waals surface area contributed by atoms with E-state index >= 15 is 0 Å². The van der Waals surface area contributed by atoms with Gasteiger partial charge in [0.1, 0.15) is 5.82 Å². The number of nitrogens with one attached hydrogen (secondary N) is 1. The fourth-order valence-corrected chi connectivity index (χ4v) is 3.67. The standard InChI is InChI=1S/C18H14FNO2S/c1-10-16-13(19)7-5-9-15(16)23-17(10)18(22)20-14-8-4-3-6-12(14)11(2)21/h3-9H,1-2H3,(H,20,22). The highest BCUT2D eigenvalue weighted by Gasteiger charge is 2.19. The third-order valence-corrected chi connectivity index (χ3v) is 4.92. The SMILES string of the molecule is CC(=O)c1ccccc1NC(=O)c1sc2cccc(F)c2c1C. The molecule has 0 saturated carbocycles. The molecule has 116 valence electrons. The van der Waals surface area contributed by atoms with Crippen molar-refractivity contribution in [3.8, 4) is 0 Å². The topological polar surface area (TPSA) is 46.2 Å². The molecular formula is C18H14FNO2S. The minimum absolute atomic E-state index is 0.125. The van der Waals surface area contributed by atoms with Crippen LogP contribution in [0.5, 0.6) is 0 Å². The maximum atomic E-state index is 14.0. The number of carbonyl (C=O) groups excluding carboxylic acids is 2. The van der Waals surface area contributed by atoms with Crippen molar-refractivity contribution in [1.82, 2.24) is 0 Å². The predicted molar refractivity (Wildman–Crippen MR) is 90.9 cm³/mol. The summed E-state index contributed by atoms with van der Waals surface area (Å²) in [5.74, 6) is -0.795. The van der Waals surface area contributed by atoms with Crippen LogP contribution in [-0.2, 0) is 0 Å². The summed E-state index contributed by atoms with van der Waals surface area (Å²) < 4.78 is 14.7. The van der Waals surface area contributed by atoms with Gasteiger partial charge in [-0.1, -0.05) is 18.2 Å². The Morgan fingerprint density at radius 2 is 1.83 bits per heavy atom. The Kier molecular flexibility index (Phi) is 3.96. The van der Waals surface area contributed by atoms with E-state index in [2.05, 4.69) is 5.32 Å². The van der Waals surface area contributed by atoms with Crippen molar-refractivity contribution in [3.05, 3.63) is 64.3 Å². The van der Waals surface area contributed by atoms with Gasteiger partial charge in [-0.2, -0.15) is 0 Å². The molecule has 3 nitrogen and oxygen atoms in total. The largest absolute Gasteiger partial charge is 0.321 e. The van der Waals surface area contributed by atoms with Gasteiger partial charge in [0.25, 0.3) is 5.91 Å². The summed E-state index contributed by atoms with van der Waals surface area (Å²) in [6, 6.07) is 11.6. The number of ketones is 1. The molecule has 0 aliphatic carbocycles. The van der Waals surface area contributed by atoms with Crippen LogP contribution in [0, 0.1) is 12.7 Å². The molecule has 0 bridgehead atoms. The van der Waals surface area contributed by atoms with Crippen LogP contribution in [0.1, 0.15) is 32.5 Å². The first kappa shape index (κ1) is 15.4. The van der Waals surface area contributed by atoms with Gasteiger partial charge in [0.15, 0.2) is 5.78 Å². The lowest BCUT2D eigenvalue weighted by atomic mass is 10.1. The fourth-order valence-electron chi connectivity index (χ4n) is 2.55. The van der Waals surface area contributed by atoms with Crippen molar-refractivity contribution in [2.75, 3.05) is 5.32 Å². The van der Waals surface area contributed by atoms with E-state index in [0.29, 0.717) is 27.1 Å². The molecule has 0 aliphatic heterocycles. The first-order chi connectivity index (χ1) is 11.0. The molecule has 0 fully saturated rings. The van der Waals surface area contributed by atoms with E-state index in [1.165, 1.54) is 24.3 Å². The molecule has 0 spiro atoms. The van der Waals surface area contributed by atoms with E-state index in [0.717, 1.165) is 4.70 Å². The summed E-state index contributed by atoms with van der Waals surface area (Å²) in [5, 5.41) is 3.23. The monoisotopic (exact) mass is 327 g/mol. The minimum atomic E-state index is -0.336. The van der Waals surface area contributed by atoms with Gasteiger partial charge in [-0.15, -0.1) is 11.3 Å². The fraction of sp³-hybridized carbons (Fsp3) is 0.111. The van der Waals surface area contributed by atoms with E-state index in [4.69, 9.17) is 0 Å². The van der Waals surface area contributed by atoms with Crippen LogP contribution < -0.4 is 5.32 Å². The number of para-hydroxylation sites is 1. The molecule has 0 unspecified atom stereocenters. The number of anilines is 1. The molecule has 3 aromatic rings. The van der Waals surface area contributed by atoms with Gasteiger partial charge in [-0.3, -0.25) is 9.59 Å². The molecule has 23 heavy (non-hydrogen) atoms. The number of aryl methyl sites for hydroxylation is 1. The van der Waals surface area contributed by atoms with Crippen molar-refractivity contribution in [1.29, 1.82) is 0 Å². The van der Waals surface area contributed by atoms with Crippen LogP contribution in [0.25, 0.3) is 10.1 Å². The number of rotatable bonds is 3. The zero-order valence-corrected chi connectivity index (χ0v) is 13.5. The van der Waals surface area contributed by atoms with E-state index in [1.807, 2.05) is 0 Å². The maximum absolute atomic E-state index is 14.0. The summed E-state index contributed by atoms with van der Waals surface area (Å²) in [6.45, 7) is 3.18. The molecule has 0 atom stereocenters. The molecule has 3 rings (SSSR count). The van der Waals surface area contributed by atoms with Crippen LogP contribution in [0.3, 0.4) is 0 Å². The molecule has 5 heteroatoms. The summed E-state index contributed by atoms with van der Waals surface area (Å²) >= 11 is 1.24.